The molecule has 122 valence electrons. The van der Waals surface area contributed by atoms with Crippen molar-refractivity contribution in [2.24, 2.45) is 0 Å². The van der Waals surface area contributed by atoms with Gasteiger partial charge in [0.2, 0.25) is 0 Å². The number of aryl methyl sites for hydroxylation is 1. The maximum atomic E-state index is 13.7. The fourth-order valence-electron chi connectivity index (χ4n) is 2.24. The first kappa shape index (κ1) is 16.0. The number of rotatable bonds is 5. The number of anilines is 1. The Morgan fingerprint density at radius 3 is 2.67 bits per heavy atom. The third kappa shape index (κ3) is 3.71. The number of pyridine rings is 1. The molecule has 1 aromatic carbocycles. The van der Waals surface area contributed by atoms with Crippen LogP contribution in [0.1, 0.15) is 18.2 Å². The van der Waals surface area contributed by atoms with Crippen LogP contribution in [0.3, 0.4) is 0 Å². The largest absolute Gasteiger partial charge is 0.366 e. The quantitative estimate of drug-likeness (QED) is 0.770. The van der Waals surface area contributed by atoms with E-state index in [1.165, 1.54) is 6.07 Å². The predicted molar refractivity (Wildman–Crippen MR) is 88.3 cm³/mol. The van der Waals surface area contributed by atoms with Crippen molar-refractivity contribution in [3.8, 4) is 11.5 Å². The number of nitrogens with one attached hydrogen (secondary N) is 1. The molecule has 0 atom stereocenters. The standard InChI is InChI=1S/C18H16F2N4/c1-2-14-10-17(22-11-12-9-13(19)6-7-15(12)20)24-18(23-14)16-5-3-4-8-21-16/h3-10H,2,11H2,1H3,(H,22,23,24). The Morgan fingerprint density at radius 2 is 1.92 bits per heavy atom. The van der Waals surface area contributed by atoms with Gasteiger partial charge in [-0.3, -0.25) is 4.98 Å². The van der Waals surface area contributed by atoms with Crippen molar-refractivity contribution in [2.45, 2.75) is 19.9 Å². The Labute approximate surface area is 138 Å². The molecule has 0 saturated heterocycles. The number of aromatic nitrogens is 3. The van der Waals surface area contributed by atoms with Crippen LogP contribution in [-0.2, 0) is 13.0 Å². The smallest absolute Gasteiger partial charge is 0.180 e. The molecule has 0 aliphatic carbocycles. The van der Waals surface area contributed by atoms with E-state index >= 15 is 0 Å². The highest BCUT2D eigenvalue weighted by Crippen LogP contribution is 2.17. The summed E-state index contributed by atoms with van der Waals surface area (Å²) in [6.45, 7) is 2.12. The van der Waals surface area contributed by atoms with E-state index in [-0.39, 0.29) is 12.1 Å². The summed E-state index contributed by atoms with van der Waals surface area (Å²) < 4.78 is 27.0. The summed E-state index contributed by atoms with van der Waals surface area (Å²) in [6, 6.07) is 10.7. The molecule has 0 aliphatic heterocycles. The van der Waals surface area contributed by atoms with Crippen molar-refractivity contribution < 1.29 is 8.78 Å². The maximum absolute atomic E-state index is 13.7. The molecule has 2 heterocycles. The summed E-state index contributed by atoms with van der Waals surface area (Å²) in [7, 11) is 0. The van der Waals surface area contributed by atoms with Gasteiger partial charge in [0.15, 0.2) is 5.82 Å². The zero-order valence-corrected chi connectivity index (χ0v) is 13.1. The monoisotopic (exact) mass is 326 g/mol. The molecule has 0 aliphatic rings. The third-order valence-corrected chi connectivity index (χ3v) is 3.50. The molecule has 3 aromatic rings. The van der Waals surface area contributed by atoms with E-state index in [9.17, 15) is 8.78 Å². The van der Waals surface area contributed by atoms with Gasteiger partial charge < -0.3 is 5.32 Å². The molecule has 0 bridgehead atoms. The van der Waals surface area contributed by atoms with Gasteiger partial charge in [-0.05, 0) is 36.8 Å². The van der Waals surface area contributed by atoms with Gasteiger partial charge in [-0.1, -0.05) is 13.0 Å². The van der Waals surface area contributed by atoms with E-state index in [4.69, 9.17) is 0 Å². The van der Waals surface area contributed by atoms with Crippen LogP contribution < -0.4 is 5.32 Å². The van der Waals surface area contributed by atoms with Crippen LogP contribution in [0.5, 0.6) is 0 Å². The molecule has 4 nitrogen and oxygen atoms in total. The van der Waals surface area contributed by atoms with Crippen molar-refractivity contribution in [2.75, 3.05) is 5.32 Å². The van der Waals surface area contributed by atoms with Gasteiger partial charge in [0.05, 0.1) is 0 Å². The topological polar surface area (TPSA) is 50.7 Å². The van der Waals surface area contributed by atoms with Crippen LogP contribution in [0.15, 0.2) is 48.7 Å². The zero-order valence-electron chi connectivity index (χ0n) is 13.1. The van der Waals surface area contributed by atoms with Crippen molar-refractivity contribution in [3.05, 3.63) is 71.6 Å². The second kappa shape index (κ2) is 7.12. The molecule has 6 heteroatoms. The zero-order chi connectivity index (χ0) is 16.9. The van der Waals surface area contributed by atoms with Gasteiger partial charge in [0.25, 0.3) is 0 Å². The lowest BCUT2D eigenvalue weighted by Gasteiger charge is -2.10. The molecule has 24 heavy (non-hydrogen) atoms. The van der Waals surface area contributed by atoms with Gasteiger partial charge >= 0.3 is 0 Å². The lowest BCUT2D eigenvalue weighted by atomic mass is 10.2. The Balaban J connectivity index is 1.86. The fourth-order valence-corrected chi connectivity index (χ4v) is 2.24. The molecule has 2 aromatic heterocycles. The van der Waals surface area contributed by atoms with Crippen LogP contribution in [0.4, 0.5) is 14.6 Å². The molecule has 0 saturated carbocycles. The lowest BCUT2D eigenvalue weighted by Crippen LogP contribution is -2.06. The second-order valence-electron chi connectivity index (χ2n) is 5.23. The van der Waals surface area contributed by atoms with Gasteiger partial charge in [-0.25, -0.2) is 18.7 Å². The number of hydrogen-bond acceptors (Lipinski definition) is 4. The lowest BCUT2D eigenvalue weighted by molar-refractivity contribution is 0.587. The molecule has 0 radical (unpaired) electrons. The Hall–Kier alpha value is -2.89. The van der Waals surface area contributed by atoms with Gasteiger partial charge in [0, 0.05) is 30.1 Å². The average molecular weight is 326 g/mol. The highest BCUT2D eigenvalue weighted by Gasteiger charge is 2.09. The molecule has 0 unspecified atom stereocenters. The minimum absolute atomic E-state index is 0.130. The number of nitrogens with zero attached hydrogens (tertiary/aromatic N) is 3. The highest BCUT2D eigenvalue weighted by atomic mass is 19.1. The number of hydrogen-bond donors (Lipinski definition) is 1. The van der Waals surface area contributed by atoms with E-state index in [0.717, 1.165) is 24.2 Å². The first-order valence-corrected chi connectivity index (χ1v) is 7.63. The minimum Gasteiger partial charge on any atom is -0.366 e. The van der Waals surface area contributed by atoms with Crippen molar-refractivity contribution >= 4 is 5.82 Å². The Kier molecular flexibility index (Phi) is 4.74. The normalized spacial score (nSPS) is 10.6. The predicted octanol–water partition coefficient (Wildman–Crippen LogP) is 3.99. The average Bonchev–Trinajstić information content (AvgIpc) is 2.63. The molecule has 3 rings (SSSR count). The summed E-state index contributed by atoms with van der Waals surface area (Å²) in [5.74, 6) is 0.112. The number of benzene rings is 1. The first-order chi connectivity index (χ1) is 11.7. The molecular weight excluding hydrogens is 310 g/mol. The van der Waals surface area contributed by atoms with Gasteiger partial charge in [-0.15, -0.1) is 0 Å². The van der Waals surface area contributed by atoms with Crippen molar-refractivity contribution in [1.29, 1.82) is 0 Å². The number of halogens is 2. The van der Waals surface area contributed by atoms with E-state index in [1.807, 2.05) is 25.1 Å². The summed E-state index contributed by atoms with van der Waals surface area (Å²) in [4.78, 5) is 13.1. The molecule has 0 fully saturated rings. The highest BCUT2D eigenvalue weighted by molar-refractivity contribution is 5.53. The van der Waals surface area contributed by atoms with Gasteiger partial charge in [0.1, 0.15) is 23.1 Å². The fraction of sp³-hybridized carbons (Fsp3) is 0.167. The van der Waals surface area contributed by atoms with Crippen molar-refractivity contribution in [3.63, 3.8) is 0 Å². The van der Waals surface area contributed by atoms with Crippen molar-refractivity contribution in [1.82, 2.24) is 15.0 Å². The van der Waals surface area contributed by atoms with Gasteiger partial charge in [-0.2, -0.15) is 0 Å². The van der Waals surface area contributed by atoms with Crippen LogP contribution in [-0.4, -0.2) is 15.0 Å². The summed E-state index contributed by atoms with van der Waals surface area (Å²) >= 11 is 0. The Bertz CT molecular complexity index is 838. The van der Waals surface area contributed by atoms with Crippen LogP contribution in [0, 0.1) is 11.6 Å². The van der Waals surface area contributed by atoms with E-state index in [1.54, 1.807) is 12.3 Å². The summed E-state index contributed by atoms with van der Waals surface area (Å²) in [5, 5.41) is 3.03. The third-order valence-electron chi connectivity index (χ3n) is 3.50. The van der Waals surface area contributed by atoms with Crippen LogP contribution >= 0.6 is 0 Å². The second-order valence-corrected chi connectivity index (χ2v) is 5.23. The Morgan fingerprint density at radius 1 is 1.04 bits per heavy atom. The van der Waals surface area contributed by atoms with E-state index in [2.05, 4.69) is 20.3 Å². The van der Waals surface area contributed by atoms with Crippen LogP contribution in [0.2, 0.25) is 0 Å². The minimum atomic E-state index is -0.473. The SMILES string of the molecule is CCc1cc(NCc2cc(F)ccc2F)nc(-c2ccccn2)n1. The van der Waals surface area contributed by atoms with Crippen LogP contribution in [0.25, 0.3) is 11.5 Å². The molecule has 1 N–H and O–H groups in total. The molecular formula is C18H16F2N4. The summed E-state index contributed by atoms with van der Waals surface area (Å²) in [5.41, 5.74) is 1.74. The molecule has 0 amide bonds. The van der Waals surface area contributed by atoms with E-state index < -0.39 is 11.6 Å². The first-order valence-electron chi connectivity index (χ1n) is 7.63. The molecule has 0 spiro atoms. The van der Waals surface area contributed by atoms with E-state index in [0.29, 0.717) is 17.3 Å². The maximum Gasteiger partial charge on any atom is 0.180 e. The summed E-state index contributed by atoms with van der Waals surface area (Å²) in [6.07, 6.45) is 2.40.